The Labute approximate surface area is 157 Å². The molecule has 7 nitrogen and oxygen atoms in total. The molecule has 3 N–H and O–H groups in total. The van der Waals surface area contributed by atoms with E-state index < -0.39 is 17.2 Å². The summed E-state index contributed by atoms with van der Waals surface area (Å²) >= 11 is 3.40. The summed E-state index contributed by atoms with van der Waals surface area (Å²) in [6.07, 6.45) is 5.24. The molecule has 1 aromatic heterocycles. The van der Waals surface area contributed by atoms with Crippen LogP contribution in [0.25, 0.3) is 0 Å². The molecule has 1 aliphatic carbocycles. The van der Waals surface area contributed by atoms with Gasteiger partial charge in [-0.1, -0.05) is 35.2 Å². The number of carbonyl (C=O) groups excluding carboxylic acids is 1. The molecule has 2 heterocycles. The molecule has 4 rings (SSSR count). The largest absolute Gasteiger partial charge is 0.440 e. The van der Waals surface area contributed by atoms with Gasteiger partial charge in [-0.2, -0.15) is 0 Å². The van der Waals surface area contributed by atoms with Gasteiger partial charge in [0.2, 0.25) is 11.8 Å². The lowest BCUT2D eigenvalue weighted by atomic mass is 9.88. The highest BCUT2D eigenvalue weighted by molar-refractivity contribution is 9.10. The van der Waals surface area contributed by atoms with Crippen molar-refractivity contribution < 1.29 is 9.53 Å². The van der Waals surface area contributed by atoms with Gasteiger partial charge in [-0.15, -0.1) is 0 Å². The molecule has 1 amide bonds. The average molecular weight is 420 g/mol. The van der Waals surface area contributed by atoms with Gasteiger partial charge in [0.15, 0.2) is 0 Å². The highest BCUT2D eigenvalue weighted by Crippen LogP contribution is 2.42. The minimum Gasteiger partial charge on any atom is -0.440 e. The predicted octanol–water partition coefficient (Wildman–Crippen LogP) is 2.51. The van der Waals surface area contributed by atoms with Crippen molar-refractivity contribution in [2.75, 3.05) is 0 Å². The summed E-state index contributed by atoms with van der Waals surface area (Å²) in [4.78, 5) is 41.9. The van der Waals surface area contributed by atoms with E-state index in [0.717, 1.165) is 30.2 Å². The molecule has 1 saturated carbocycles. The molecule has 0 spiro atoms. The molecule has 1 fully saturated rings. The number of amides is 1. The Balaban J connectivity index is 1.79. The molecule has 26 heavy (non-hydrogen) atoms. The lowest BCUT2D eigenvalue weighted by Crippen LogP contribution is -2.42. The fourth-order valence-corrected chi connectivity index (χ4v) is 4.10. The van der Waals surface area contributed by atoms with E-state index >= 15 is 0 Å². The number of hydrogen-bond donors (Lipinski definition) is 3. The van der Waals surface area contributed by atoms with E-state index in [-0.39, 0.29) is 23.4 Å². The van der Waals surface area contributed by atoms with Gasteiger partial charge in [0.1, 0.15) is 11.7 Å². The zero-order valence-electron chi connectivity index (χ0n) is 13.9. The number of nitrogens with one attached hydrogen (secondary N) is 3. The number of rotatable bonds is 2. The number of carbonyl (C=O) groups is 1. The van der Waals surface area contributed by atoms with Crippen LogP contribution in [0, 0.1) is 0 Å². The van der Waals surface area contributed by atoms with Crippen molar-refractivity contribution >= 4 is 21.8 Å². The minimum absolute atomic E-state index is 0.0253. The normalized spacial score (nSPS) is 19.2. The summed E-state index contributed by atoms with van der Waals surface area (Å²) in [5.74, 6) is -0.616. The maximum absolute atomic E-state index is 13.1. The van der Waals surface area contributed by atoms with Gasteiger partial charge in [-0.25, -0.2) is 4.79 Å². The molecule has 0 saturated heterocycles. The lowest BCUT2D eigenvalue weighted by molar-refractivity contribution is -0.122. The summed E-state index contributed by atoms with van der Waals surface area (Å²) < 4.78 is 6.47. The SMILES string of the molecule is O=C(NC1CCCCC1)C1c2cc(Br)ccc2Oc2[nH]c(=O)[nH]c(=O)c21. The summed E-state index contributed by atoms with van der Waals surface area (Å²) in [6.45, 7) is 0. The summed E-state index contributed by atoms with van der Waals surface area (Å²) in [5, 5.41) is 3.08. The van der Waals surface area contributed by atoms with E-state index in [1.165, 1.54) is 6.42 Å². The fourth-order valence-electron chi connectivity index (χ4n) is 3.73. The van der Waals surface area contributed by atoms with Crippen molar-refractivity contribution in [3.8, 4) is 11.6 Å². The van der Waals surface area contributed by atoms with Crippen LogP contribution in [-0.2, 0) is 4.79 Å². The average Bonchev–Trinajstić information content (AvgIpc) is 2.60. The molecule has 1 aliphatic heterocycles. The van der Waals surface area contributed by atoms with E-state index in [1.807, 2.05) is 0 Å². The Kier molecular flexibility index (Phi) is 4.44. The van der Waals surface area contributed by atoms with Gasteiger partial charge < -0.3 is 10.1 Å². The molecule has 1 aromatic carbocycles. The maximum atomic E-state index is 13.1. The first-order valence-electron chi connectivity index (χ1n) is 8.67. The molecular weight excluding hydrogens is 402 g/mol. The second-order valence-electron chi connectivity index (χ2n) is 6.71. The Morgan fingerprint density at radius 1 is 1.15 bits per heavy atom. The third-order valence-corrected chi connectivity index (χ3v) is 5.43. The number of H-pyrrole nitrogens is 2. The van der Waals surface area contributed by atoms with E-state index in [0.29, 0.717) is 11.3 Å². The van der Waals surface area contributed by atoms with Crippen molar-refractivity contribution in [3.05, 3.63) is 54.6 Å². The standard InChI is InChI=1S/C18H18BrN3O4/c19-9-6-7-12-11(8-9)13(15(23)20-10-4-2-1-3-5-10)14-16(24)21-18(25)22-17(14)26-12/h6-8,10,13H,1-5H2,(H,20,23)(H2,21,22,24,25). The van der Waals surface area contributed by atoms with Crippen LogP contribution < -0.4 is 21.3 Å². The van der Waals surface area contributed by atoms with Crippen molar-refractivity contribution in [1.29, 1.82) is 0 Å². The van der Waals surface area contributed by atoms with Crippen LogP contribution in [0.2, 0.25) is 0 Å². The second-order valence-corrected chi connectivity index (χ2v) is 7.63. The van der Waals surface area contributed by atoms with Crippen molar-refractivity contribution in [2.45, 2.75) is 44.1 Å². The first-order valence-corrected chi connectivity index (χ1v) is 9.46. The molecule has 1 unspecified atom stereocenters. The van der Waals surface area contributed by atoms with Crippen LogP contribution in [0.1, 0.15) is 49.1 Å². The van der Waals surface area contributed by atoms with Crippen LogP contribution in [0.5, 0.6) is 11.6 Å². The molecule has 2 aromatic rings. The molecule has 1 atom stereocenters. The number of benzene rings is 1. The molecule has 136 valence electrons. The van der Waals surface area contributed by atoms with Gasteiger partial charge in [-0.3, -0.25) is 19.6 Å². The summed E-state index contributed by atoms with van der Waals surface area (Å²) in [5.41, 5.74) is -0.555. The first-order chi connectivity index (χ1) is 12.5. The Morgan fingerprint density at radius 3 is 2.69 bits per heavy atom. The Morgan fingerprint density at radius 2 is 1.92 bits per heavy atom. The van der Waals surface area contributed by atoms with E-state index in [2.05, 4.69) is 31.2 Å². The number of halogens is 1. The number of fused-ring (bicyclic) bond motifs is 2. The molecule has 0 bridgehead atoms. The number of aromatic amines is 2. The Hall–Kier alpha value is -2.35. The maximum Gasteiger partial charge on any atom is 0.328 e. The number of aromatic nitrogens is 2. The highest BCUT2D eigenvalue weighted by atomic mass is 79.9. The van der Waals surface area contributed by atoms with Crippen LogP contribution in [0.3, 0.4) is 0 Å². The zero-order chi connectivity index (χ0) is 18.3. The van der Waals surface area contributed by atoms with E-state index in [4.69, 9.17) is 4.74 Å². The third kappa shape index (κ3) is 3.09. The molecule has 8 heteroatoms. The van der Waals surface area contributed by atoms with Gasteiger partial charge in [0, 0.05) is 16.1 Å². The predicted molar refractivity (Wildman–Crippen MR) is 98.8 cm³/mol. The number of ether oxygens (including phenoxy) is 1. The Bertz CT molecular complexity index is 975. The minimum atomic E-state index is -0.839. The van der Waals surface area contributed by atoms with Gasteiger partial charge in [0.25, 0.3) is 5.56 Å². The van der Waals surface area contributed by atoms with E-state index in [1.54, 1.807) is 18.2 Å². The van der Waals surface area contributed by atoms with Crippen molar-refractivity contribution in [2.24, 2.45) is 0 Å². The summed E-state index contributed by atoms with van der Waals surface area (Å²) in [7, 11) is 0. The number of hydrogen-bond acceptors (Lipinski definition) is 4. The lowest BCUT2D eigenvalue weighted by Gasteiger charge is -2.29. The topological polar surface area (TPSA) is 104 Å². The van der Waals surface area contributed by atoms with Crippen LogP contribution >= 0.6 is 15.9 Å². The smallest absolute Gasteiger partial charge is 0.328 e. The third-order valence-electron chi connectivity index (χ3n) is 4.94. The monoisotopic (exact) mass is 419 g/mol. The van der Waals surface area contributed by atoms with Gasteiger partial charge >= 0.3 is 5.69 Å². The fraction of sp³-hybridized carbons (Fsp3) is 0.389. The second kappa shape index (κ2) is 6.75. The quantitative estimate of drug-likeness (QED) is 0.695. The molecule has 2 aliphatic rings. The van der Waals surface area contributed by atoms with Crippen molar-refractivity contribution in [1.82, 2.24) is 15.3 Å². The highest BCUT2D eigenvalue weighted by Gasteiger charge is 2.37. The summed E-state index contributed by atoms with van der Waals surface area (Å²) in [6, 6.07) is 5.38. The van der Waals surface area contributed by atoms with Crippen LogP contribution in [-0.4, -0.2) is 21.9 Å². The van der Waals surface area contributed by atoms with Crippen LogP contribution in [0.4, 0.5) is 0 Å². The van der Waals surface area contributed by atoms with E-state index in [9.17, 15) is 14.4 Å². The van der Waals surface area contributed by atoms with Gasteiger partial charge in [-0.05, 0) is 31.0 Å². The van der Waals surface area contributed by atoms with Gasteiger partial charge in [0.05, 0.1) is 5.56 Å². The zero-order valence-corrected chi connectivity index (χ0v) is 15.5. The molecular formula is C18H18BrN3O4. The van der Waals surface area contributed by atoms with Crippen molar-refractivity contribution in [3.63, 3.8) is 0 Å². The first kappa shape index (κ1) is 17.1. The van der Waals surface area contributed by atoms with Crippen LogP contribution in [0.15, 0.2) is 32.3 Å². The molecule has 0 radical (unpaired) electrons.